The first-order chi connectivity index (χ1) is 9.33. The third kappa shape index (κ3) is 4.18. The van der Waals surface area contributed by atoms with Gasteiger partial charge in [0.05, 0.1) is 17.2 Å². The molecule has 2 aromatic rings. The van der Waals surface area contributed by atoms with Crippen LogP contribution in [-0.4, -0.2) is 16.1 Å². The summed E-state index contributed by atoms with van der Waals surface area (Å²) in [6.45, 7) is 7.28. The van der Waals surface area contributed by atoms with Crippen LogP contribution in [0.2, 0.25) is 0 Å². The van der Waals surface area contributed by atoms with Crippen molar-refractivity contribution < 1.29 is 0 Å². The molecule has 0 aliphatic rings. The van der Waals surface area contributed by atoms with Gasteiger partial charge in [-0.15, -0.1) is 11.3 Å². The van der Waals surface area contributed by atoms with Crippen molar-refractivity contribution in [1.29, 1.82) is 0 Å². The lowest BCUT2D eigenvalue weighted by atomic mass is 10.3. The zero-order valence-corrected chi connectivity index (χ0v) is 12.7. The van der Waals surface area contributed by atoms with E-state index in [1.807, 2.05) is 0 Å². The Balaban J connectivity index is 1.96. The van der Waals surface area contributed by atoms with Crippen LogP contribution in [0.1, 0.15) is 43.1 Å². The van der Waals surface area contributed by atoms with E-state index >= 15 is 0 Å². The standard InChI is InChI=1S/C15H23N3S/c1-3-6-15-17-13(12-19-15)11-18-9-5-7-14(18)10-16-8-4-2/h5,7,9,12,16H,3-4,6,8,10-11H2,1-2H3. The highest BCUT2D eigenvalue weighted by Gasteiger charge is 2.05. The van der Waals surface area contributed by atoms with E-state index in [9.17, 15) is 0 Å². The van der Waals surface area contributed by atoms with Crippen LogP contribution in [0.15, 0.2) is 23.7 Å². The summed E-state index contributed by atoms with van der Waals surface area (Å²) < 4.78 is 2.29. The monoisotopic (exact) mass is 277 g/mol. The first-order valence-electron chi connectivity index (χ1n) is 7.11. The number of nitrogens with one attached hydrogen (secondary N) is 1. The average Bonchev–Trinajstić information content (AvgIpc) is 3.01. The Labute approximate surface area is 119 Å². The third-order valence-corrected chi connectivity index (χ3v) is 4.01. The van der Waals surface area contributed by atoms with Crippen LogP contribution in [0.4, 0.5) is 0 Å². The second-order valence-corrected chi connectivity index (χ2v) is 5.73. The smallest absolute Gasteiger partial charge is 0.0928 e. The molecule has 2 rings (SSSR count). The fourth-order valence-corrected chi connectivity index (χ4v) is 2.97. The Hall–Kier alpha value is -1.13. The van der Waals surface area contributed by atoms with Gasteiger partial charge in [-0.1, -0.05) is 13.8 Å². The summed E-state index contributed by atoms with van der Waals surface area (Å²) in [7, 11) is 0. The topological polar surface area (TPSA) is 29.9 Å². The van der Waals surface area contributed by atoms with Crippen molar-refractivity contribution in [2.75, 3.05) is 6.54 Å². The zero-order valence-electron chi connectivity index (χ0n) is 11.9. The van der Waals surface area contributed by atoms with Crippen LogP contribution >= 0.6 is 11.3 Å². The highest BCUT2D eigenvalue weighted by Crippen LogP contribution is 2.14. The average molecular weight is 277 g/mol. The molecule has 0 saturated heterocycles. The fourth-order valence-electron chi connectivity index (χ4n) is 2.08. The molecule has 0 spiro atoms. The molecule has 0 amide bonds. The Morgan fingerprint density at radius 2 is 2.21 bits per heavy atom. The van der Waals surface area contributed by atoms with Gasteiger partial charge in [-0.05, 0) is 37.9 Å². The number of aryl methyl sites for hydroxylation is 1. The Morgan fingerprint density at radius 1 is 1.32 bits per heavy atom. The van der Waals surface area contributed by atoms with Crippen molar-refractivity contribution >= 4 is 11.3 Å². The fraction of sp³-hybridized carbons (Fsp3) is 0.533. The lowest BCUT2D eigenvalue weighted by molar-refractivity contribution is 0.627. The highest BCUT2D eigenvalue weighted by molar-refractivity contribution is 7.09. The molecule has 2 aromatic heterocycles. The second kappa shape index (κ2) is 7.46. The van der Waals surface area contributed by atoms with Crippen molar-refractivity contribution in [3.63, 3.8) is 0 Å². The maximum Gasteiger partial charge on any atom is 0.0928 e. The second-order valence-electron chi connectivity index (χ2n) is 4.79. The Morgan fingerprint density at radius 3 is 3.00 bits per heavy atom. The van der Waals surface area contributed by atoms with Gasteiger partial charge in [-0.25, -0.2) is 4.98 Å². The lowest BCUT2D eigenvalue weighted by Crippen LogP contribution is -2.17. The molecule has 0 aliphatic carbocycles. The van der Waals surface area contributed by atoms with Crippen LogP contribution in [-0.2, 0) is 19.5 Å². The summed E-state index contributed by atoms with van der Waals surface area (Å²) in [4.78, 5) is 4.69. The van der Waals surface area contributed by atoms with E-state index in [1.54, 1.807) is 11.3 Å². The van der Waals surface area contributed by atoms with E-state index in [4.69, 9.17) is 0 Å². The van der Waals surface area contributed by atoms with Gasteiger partial charge in [0.25, 0.3) is 0 Å². The summed E-state index contributed by atoms with van der Waals surface area (Å²) in [5.41, 5.74) is 2.51. The quantitative estimate of drug-likeness (QED) is 0.749. The molecule has 19 heavy (non-hydrogen) atoms. The van der Waals surface area contributed by atoms with Gasteiger partial charge in [0, 0.05) is 23.8 Å². The SMILES string of the molecule is CCCNCc1cccn1Cc1csc(CCC)n1. The molecule has 0 atom stereocenters. The number of thiazole rings is 1. The minimum absolute atomic E-state index is 0.885. The van der Waals surface area contributed by atoms with Crippen molar-refractivity contribution in [3.05, 3.63) is 40.1 Å². The van der Waals surface area contributed by atoms with Crippen LogP contribution < -0.4 is 5.32 Å². The molecule has 0 aromatic carbocycles. The molecule has 1 N–H and O–H groups in total. The molecular weight excluding hydrogens is 254 g/mol. The normalized spacial score (nSPS) is 11.1. The molecule has 0 bridgehead atoms. The zero-order chi connectivity index (χ0) is 13.5. The number of rotatable bonds is 8. The molecule has 2 heterocycles. The van der Waals surface area contributed by atoms with E-state index in [0.29, 0.717) is 0 Å². The lowest BCUT2D eigenvalue weighted by Gasteiger charge is -2.08. The van der Waals surface area contributed by atoms with E-state index in [1.165, 1.54) is 29.2 Å². The molecule has 0 radical (unpaired) electrons. The van der Waals surface area contributed by atoms with E-state index in [2.05, 4.69) is 52.4 Å². The van der Waals surface area contributed by atoms with Crippen molar-refractivity contribution in [3.8, 4) is 0 Å². The highest BCUT2D eigenvalue weighted by atomic mass is 32.1. The maximum atomic E-state index is 4.69. The summed E-state index contributed by atoms with van der Waals surface area (Å²) >= 11 is 1.78. The number of hydrogen-bond donors (Lipinski definition) is 1. The Bertz CT molecular complexity index is 487. The largest absolute Gasteiger partial charge is 0.344 e. The van der Waals surface area contributed by atoms with Gasteiger partial charge in [-0.2, -0.15) is 0 Å². The first kappa shape index (κ1) is 14.3. The van der Waals surface area contributed by atoms with Gasteiger partial charge in [0.15, 0.2) is 0 Å². The number of hydrogen-bond acceptors (Lipinski definition) is 3. The van der Waals surface area contributed by atoms with Crippen molar-refractivity contribution in [2.24, 2.45) is 0 Å². The van der Waals surface area contributed by atoms with E-state index in [-0.39, 0.29) is 0 Å². The Kier molecular flexibility index (Phi) is 5.61. The van der Waals surface area contributed by atoms with Gasteiger partial charge < -0.3 is 9.88 Å². The van der Waals surface area contributed by atoms with Crippen molar-refractivity contribution in [2.45, 2.75) is 46.2 Å². The summed E-state index contributed by atoms with van der Waals surface area (Å²) in [5, 5.41) is 6.90. The maximum absolute atomic E-state index is 4.69. The molecule has 3 nitrogen and oxygen atoms in total. The molecule has 4 heteroatoms. The summed E-state index contributed by atoms with van der Waals surface area (Å²) in [5.74, 6) is 0. The summed E-state index contributed by atoms with van der Waals surface area (Å²) in [6.07, 6.45) is 5.58. The predicted octanol–water partition coefficient (Wildman–Crippen LogP) is 3.45. The van der Waals surface area contributed by atoms with E-state index in [0.717, 1.165) is 26.1 Å². The van der Waals surface area contributed by atoms with Crippen molar-refractivity contribution in [1.82, 2.24) is 14.9 Å². The molecule has 0 unspecified atom stereocenters. The van der Waals surface area contributed by atoms with Crippen LogP contribution in [0, 0.1) is 0 Å². The predicted molar refractivity (Wildman–Crippen MR) is 81.6 cm³/mol. The molecule has 0 aliphatic heterocycles. The molecule has 0 saturated carbocycles. The van der Waals surface area contributed by atoms with Crippen LogP contribution in [0.25, 0.3) is 0 Å². The van der Waals surface area contributed by atoms with Crippen LogP contribution in [0.5, 0.6) is 0 Å². The van der Waals surface area contributed by atoms with E-state index < -0.39 is 0 Å². The number of nitrogens with zero attached hydrogens (tertiary/aromatic N) is 2. The van der Waals surface area contributed by atoms with Gasteiger partial charge in [-0.3, -0.25) is 0 Å². The summed E-state index contributed by atoms with van der Waals surface area (Å²) in [6, 6.07) is 4.30. The van der Waals surface area contributed by atoms with Gasteiger partial charge in [0.1, 0.15) is 0 Å². The van der Waals surface area contributed by atoms with Gasteiger partial charge in [0.2, 0.25) is 0 Å². The number of aromatic nitrogens is 2. The van der Waals surface area contributed by atoms with Crippen LogP contribution in [0.3, 0.4) is 0 Å². The molecule has 104 valence electrons. The molecule has 0 fully saturated rings. The van der Waals surface area contributed by atoms with Gasteiger partial charge >= 0.3 is 0 Å². The minimum atomic E-state index is 0.885. The minimum Gasteiger partial charge on any atom is -0.344 e. The molecular formula is C15H23N3S. The first-order valence-corrected chi connectivity index (χ1v) is 7.99. The third-order valence-electron chi connectivity index (χ3n) is 3.05.